The highest BCUT2D eigenvalue weighted by Gasteiger charge is 2.40. The number of rotatable bonds is 39. The lowest BCUT2D eigenvalue weighted by molar-refractivity contribution is -0.138. The van der Waals surface area contributed by atoms with Gasteiger partial charge in [0.1, 0.15) is 17.3 Å². The molecular weight excluding hydrogens is 809 g/mol. The Morgan fingerprint density at radius 2 is 1.43 bits per heavy atom. The van der Waals surface area contributed by atoms with Crippen LogP contribution in [-0.2, 0) is 54.1 Å². The fourth-order valence-corrected chi connectivity index (χ4v) is 9.01. The molecule has 0 spiro atoms. The normalized spacial score (nSPS) is 18.5. The van der Waals surface area contributed by atoms with Gasteiger partial charge in [0, 0.05) is 92.7 Å². The molecular formula is C43H70N6O11S. The van der Waals surface area contributed by atoms with Crippen LogP contribution in [-0.4, -0.2) is 132 Å². The summed E-state index contributed by atoms with van der Waals surface area (Å²) in [6.45, 7) is 7.03. The maximum atomic E-state index is 13.0. The van der Waals surface area contributed by atoms with Gasteiger partial charge in [-0.3, -0.25) is 28.8 Å². The molecule has 4 unspecified atom stereocenters. The number of amides is 1. The fraction of sp³-hybridized carbons (Fsp3) is 0.744. The van der Waals surface area contributed by atoms with E-state index in [9.17, 15) is 28.8 Å². The molecule has 3 rings (SSSR count). The van der Waals surface area contributed by atoms with E-state index in [1.807, 2.05) is 11.8 Å². The molecule has 61 heavy (non-hydrogen) atoms. The van der Waals surface area contributed by atoms with Crippen LogP contribution in [0.2, 0.25) is 0 Å². The average molecular weight is 879 g/mol. The second-order valence-corrected chi connectivity index (χ2v) is 17.2. The molecule has 0 aromatic carbocycles. The number of carboxylic acids is 1. The highest BCUT2D eigenvalue weighted by atomic mass is 32.2. The number of hydrogen-bond donors (Lipinski definition) is 6. The predicted molar refractivity (Wildman–Crippen MR) is 230 cm³/mol. The summed E-state index contributed by atoms with van der Waals surface area (Å²) in [6.07, 6.45) is 10.4. The molecule has 0 saturated carbocycles. The first-order chi connectivity index (χ1) is 29.4. The first-order valence-corrected chi connectivity index (χ1v) is 22.9. The van der Waals surface area contributed by atoms with Gasteiger partial charge < -0.3 is 51.1 Å². The number of H-pyrrole nitrogens is 1. The second-order valence-electron chi connectivity index (χ2n) is 16.0. The third-order valence-electron chi connectivity index (χ3n) is 11.0. The van der Waals surface area contributed by atoms with Crippen LogP contribution < -0.4 is 22.1 Å². The number of carboxylic acid groups (broad SMARTS) is 1. The second kappa shape index (κ2) is 30.4. The number of nitrogens with one attached hydrogen (secondary N) is 3. The van der Waals surface area contributed by atoms with Crippen LogP contribution in [0.15, 0.2) is 24.9 Å². The molecule has 1 aromatic heterocycles. The van der Waals surface area contributed by atoms with Gasteiger partial charge in [-0.15, -0.1) is 0 Å². The molecule has 17 nitrogen and oxygen atoms in total. The molecule has 2 aliphatic heterocycles. The molecule has 2 saturated heterocycles. The number of aromatic nitrogens is 2. The summed E-state index contributed by atoms with van der Waals surface area (Å²) in [6, 6.07) is 0.103. The maximum absolute atomic E-state index is 13.0. The Morgan fingerprint density at radius 3 is 2.10 bits per heavy atom. The smallest absolute Gasteiger partial charge is 0.303 e. The summed E-state index contributed by atoms with van der Waals surface area (Å²) < 4.78 is 22.1. The van der Waals surface area contributed by atoms with Gasteiger partial charge >= 0.3 is 5.97 Å². The Hall–Kier alpha value is -3.68. The van der Waals surface area contributed by atoms with Crippen LogP contribution in [0.5, 0.6) is 0 Å². The highest BCUT2D eigenvalue weighted by molar-refractivity contribution is 8.00. The number of hydrogen-bond acceptors (Lipinski definition) is 15. The minimum absolute atomic E-state index is 0.0142. The molecule has 0 radical (unpaired) electrons. The number of fused-ring (bicyclic) bond motifs is 1. The van der Waals surface area contributed by atoms with Crippen molar-refractivity contribution in [1.29, 1.82) is 0 Å². The largest absolute Gasteiger partial charge is 0.481 e. The molecule has 0 aliphatic carbocycles. The van der Waals surface area contributed by atoms with E-state index >= 15 is 0 Å². The summed E-state index contributed by atoms with van der Waals surface area (Å²) in [5.41, 5.74) is 12.3. The number of ketones is 4. The van der Waals surface area contributed by atoms with Crippen molar-refractivity contribution in [2.45, 2.75) is 133 Å². The zero-order chi connectivity index (χ0) is 44.2. The van der Waals surface area contributed by atoms with Crippen LogP contribution in [0.25, 0.3) is 0 Å². The number of ether oxygens (including phenoxy) is 4. The third-order valence-corrected chi connectivity index (χ3v) is 12.5. The lowest BCUT2D eigenvalue weighted by Crippen LogP contribution is -2.36. The van der Waals surface area contributed by atoms with Crippen LogP contribution in [0.1, 0.15) is 108 Å². The number of imidazole rings is 1. The Balaban J connectivity index is 1.10. The number of primary amides is 1. The Labute approximate surface area is 364 Å². The summed E-state index contributed by atoms with van der Waals surface area (Å²) >= 11 is 2.01. The Kier molecular flexibility index (Phi) is 25.7. The lowest BCUT2D eigenvalue weighted by Gasteiger charge is -2.17. The van der Waals surface area contributed by atoms with Crippen molar-refractivity contribution in [1.82, 2.24) is 20.6 Å². The van der Waals surface area contributed by atoms with Crippen molar-refractivity contribution in [3.05, 3.63) is 30.6 Å². The number of nitrogens with zero attached hydrogens (tertiary/aromatic N) is 1. The van der Waals surface area contributed by atoms with Crippen molar-refractivity contribution < 1.29 is 52.8 Å². The van der Waals surface area contributed by atoms with E-state index in [1.54, 1.807) is 6.20 Å². The van der Waals surface area contributed by atoms with Crippen molar-refractivity contribution in [3.63, 3.8) is 0 Å². The summed E-state index contributed by atoms with van der Waals surface area (Å²) in [5, 5.41) is 16.6. The monoisotopic (exact) mass is 878 g/mol. The molecule has 0 bridgehead atoms. The van der Waals surface area contributed by atoms with Crippen molar-refractivity contribution in [2.75, 3.05) is 58.6 Å². The molecule has 8 N–H and O–H groups in total. The van der Waals surface area contributed by atoms with Crippen LogP contribution in [0.4, 0.5) is 0 Å². The molecule has 3 heterocycles. The maximum Gasteiger partial charge on any atom is 0.303 e. The van der Waals surface area contributed by atoms with Crippen molar-refractivity contribution in [3.8, 4) is 0 Å². The van der Waals surface area contributed by atoms with E-state index in [1.165, 1.54) is 6.33 Å². The van der Waals surface area contributed by atoms with Crippen LogP contribution >= 0.6 is 11.8 Å². The number of aliphatic carboxylic acids is 1. The van der Waals surface area contributed by atoms with Gasteiger partial charge in [-0.25, -0.2) is 4.98 Å². The van der Waals surface area contributed by atoms with E-state index in [4.69, 9.17) is 35.5 Å². The Bertz CT molecular complexity index is 1500. The van der Waals surface area contributed by atoms with E-state index < -0.39 is 29.8 Å². The van der Waals surface area contributed by atoms with Crippen molar-refractivity contribution in [2.24, 2.45) is 23.3 Å². The topological polar surface area (TPSA) is 264 Å². The van der Waals surface area contributed by atoms with E-state index in [0.29, 0.717) is 120 Å². The summed E-state index contributed by atoms with van der Waals surface area (Å²) in [5.74, 6) is -1.27. The molecule has 6 atom stereocenters. The van der Waals surface area contributed by atoms with Crippen LogP contribution in [0.3, 0.4) is 0 Å². The van der Waals surface area contributed by atoms with E-state index in [0.717, 1.165) is 30.8 Å². The van der Waals surface area contributed by atoms with E-state index in [2.05, 4.69) is 27.2 Å². The molecule has 18 heteroatoms. The number of Topliss-reactive ketones (excluding diaryl/α,β-unsaturated/α-hetero) is 4. The predicted octanol–water partition coefficient (Wildman–Crippen LogP) is 3.18. The summed E-state index contributed by atoms with van der Waals surface area (Å²) in [7, 11) is 0. The average Bonchev–Trinajstić information content (AvgIpc) is 3.97. The SMILES string of the molecule is C=C1N[C@@H]2CSC(CCCCC(=O)CCCOCCOCCOCCOCCC(=O)CC(CCCCCC(=O)C(CCC(=O)O)CC(=O)C(N)Cc3cnc[nH]3)C(N)=O)[C@@H]2N1. The van der Waals surface area contributed by atoms with Crippen molar-refractivity contribution >= 4 is 46.8 Å². The van der Waals surface area contributed by atoms with Crippen LogP contribution in [0, 0.1) is 11.8 Å². The minimum Gasteiger partial charge on any atom is -0.481 e. The van der Waals surface area contributed by atoms with E-state index in [-0.39, 0.29) is 68.9 Å². The van der Waals surface area contributed by atoms with Gasteiger partial charge in [0.25, 0.3) is 0 Å². The van der Waals surface area contributed by atoms with Gasteiger partial charge in [-0.1, -0.05) is 25.8 Å². The molecule has 1 amide bonds. The Morgan fingerprint density at radius 1 is 0.754 bits per heavy atom. The first kappa shape index (κ1) is 51.7. The fourth-order valence-electron chi connectivity index (χ4n) is 7.47. The summed E-state index contributed by atoms with van der Waals surface area (Å²) in [4.78, 5) is 80.5. The lowest BCUT2D eigenvalue weighted by atomic mass is 9.87. The first-order valence-electron chi connectivity index (χ1n) is 21.9. The molecule has 2 aliphatic rings. The number of thioether (sulfide) groups is 1. The van der Waals surface area contributed by atoms with Gasteiger partial charge in [-0.05, 0) is 38.5 Å². The number of carbonyl (C=O) groups is 6. The number of carbonyl (C=O) groups excluding carboxylic acids is 5. The number of aromatic amines is 1. The molecule has 1 aromatic rings. The standard InChI is InChI=1S/C43H70N6O11S/c1-30-48-37-28-61-40(42(37)49-30)12-6-5-9-34(50)10-7-16-57-18-20-59-22-23-60-21-19-58-17-15-35(51)24-32(43(45)56)8-3-2-4-11-38(52)31(13-14-41(54)55)25-39(53)36(44)26-33-27-46-29-47-33/h27,29,31-32,36-37,40,42,48-49H,1-26,28,44H2,(H2,45,56)(H,46,47)(H,54,55)/t31?,32?,36?,37-,40?,42-/m1/s1. The molecule has 344 valence electrons. The van der Waals surface area contributed by atoms with Gasteiger partial charge in [0.15, 0.2) is 5.78 Å². The number of nitrogens with two attached hydrogens (primary N) is 2. The zero-order valence-electron chi connectivity index (χ0n) is 35.8. The quantitative estimate of drug-likeness (QED) is 0.0519. The minimum atomic E-state index is -1.05. The van der Waals surface area contributed by atoms with Gasteiger partial charge in [0.05, 0.1) is 76.5 Å². The number of unbranched alkanes of at least 4 members (excludes halogenated alkanes) is 3. The third kappa shape index (κ3) is 22.3. The van der Waals surface area contributed by atoms with Gasteiger partial charge in [0.2, 0.25) is 5.91 Å². The highest BCUT2D eigenvalue weighted by Crippen LogP contribution is 2.34. The van der Waals surface area contributed by atoms with Gasteiger partial charge in [-0.2, -0.15) is 11.8 Å². The molecule has 2 fully saturated rings. The zero-order valence-corrected chi connectivity index (χ0v) is 36.6.